The normalized spacial score (nSPS) is 15.6. The molecule has 0 saturated carbocycles. The molecule has 1 unspecified atom stereocenters. The van der Waals surface area contributed by atoms with Crippen LogP contribution in [0.25, 0.3) is 6.08 Å². The lowest BCUT2D eigenvalue weighted by molar-refractivity contribution is -0.180. The smallest absolute Gasteiger partial charge is 0.410 e. The number of carbonyl (C=O) groups is 1. The minimum Gasteiger partial charge on any atom is -0.469 e. The van der Waals surface area contributed by atoms with Gasteiger partial charge in [-0.1, -0.05) is 12.1 Å². The average molecular weight is 279 g/mol. The summed E-state index contributed by atoms with van der Waals surface area (Å²) in [6.07, 6.45) is -3.64. The molecule has 1 heterocycles. The van der Waals surface area contributed by atoms with E-state index >= 15 is 0 Å². The fourth-order valence-electron chi connectivity index (χ4n) is 1.18. The van der Waals surface area contributed by atoms with Crippen LogP contribution in [-0.4, -0.2) is 24.8 Å². The minimum atomic E-state index is -4.73. The van der Waals surface area contributed by atoms with Crippen LogP contribution in [0.1, 0.15) is 11.3 Å². The number of carbonyl (C=O) groups excluding carboxylic acids is 1. The average Bonchev–Trinajstić information content (AvgIpc) is 2.77. The van der Waals surface area contributed by atoms with Crippen molar-refractivity contribution in [3.8, 4) is 0 Å². The van der Waals surface area contributed by atoms with Crippen molar-refractivity contribution in [2.45, 2.75) is 18.1 Å². The molecular formula is C11H12F3NO2S. The molecule has 18 heavy (non-hydrogen) atoms. The molecule has 3 nitrogen and oxygen atoms in total. The van der Waals surface area contributed by atoms with Gasteiger partial charge in [0.15, 0.2) is 0 Å². The molecular weight excluding hydrogens is 267 g/mol. The fourth-order valence-corrected chi connectivity index (χ4v) is 1.80. The Morgan fingerprint density at radius 2 is 2.22 bits per heavy atom. The number of rotatable bonds is 4. The van der Waals surface area contributed by atoms with Crippen molar-refractivity contribution in [3.63, 3.8) is 0 Å². The number of hydrogen-bond acceptors (Lipinski definition) is 4. The highest BCUT2D eigenvalue weighted by Gasteiger charge is 2.51. The Morgan fingerprint density at radius 1 is 1.56 bits per heavy atom. The summed E-state index contributed by atoms with van der Waals surface area (Å²) < 4.78 is 42.8. The van der Waals surface area contributed by atoms with Gasteiger partial charge in [-0.15, -0.1) is 11.3 Å². The second-order valence-corrected chi connectivity index (χ2v) is 4.62. The van der Waals surface area contributed by atoms with E-state index in [0.29, 0.717) is 4.88 Å². The van der Waals surface area contributed by atoms with E-state index in [1.54, 1.807) is 17.5 Å². The second kappa shape index (κ2) is 5.53. The molecule has 100 valence electrons. The lowest BCUT2D eigenvalue weighted by atomic mass is 9.95. The molecule has 1 aromatic heterocycles. The van der Waals surface area contributed by atoms with E-state index in [1.807, 2.05) is 0 Å². The van der Waals surface area contributed by atoms with Crippen LogP contribution in [0.2, 0.25) is 0 Å². The van der Waals surface area contributed by atoms with Gasteiger partial charge in [-0.3, -0.25) is 4.79 Å². The summed E-state index contributed by atoms with van der Waals surface area (Å²) in [4.78, 5) is 11.6. The van der Waals surface area contributed by atoms with E-state index in [4.69, 9.17) is 5.73 Å². The number of nitrogens with two attached hydrogens (primary N) is 1. The lowest BCUT2D eigenvalue weighted by Crippen LogP contribution is -2.53. The van der Waals surface area contributed by atoms with Gasteiger partial charge >= 0.3 is 12.1 Å². The van der Waals surface area contributed by atoms with E-state index < -0.39 is 24.1 Å². The first-order valence-electron chi connectivity index (χ1n) is 4.94. The van der Waals surface area contributed by atoms with Crippen molar-refractivity contribution >= 4 is 23.4 Å². The second-order valence-electron chi connectivity index (χ2n) is 3.64. The van der Waals surface area contributed by atoms with Crippen LogP contribution in [0.4, 0.5) is 13.2 Å². The highest BCUT2D eigenvalue weighted by Crippen LogP contribution is 2.33. The Morgan fingerprint density at radius 3 is 2.67 bits per heavy atom. The van der Waals surface area contributed by atoms with E-state index in [9.17, 15) is 18.0 Å². The summed E-state index contributed by atoms with van der Waals surface area (Å²) in [5.74, 6) is -1.01. The first-order valence-corrected chi connectivity index (χ1v) is 5.81. The summed E-state index contributed by atoms with van der Waals surface area (Å²) in [7, 11) is 1.02. The highest BCUT2D eigenvalue weighted by atomic mass is 32.1. The molecule has 7 heteroatoms. The first kappa shape index (κ1) is 14.7. The van der Waals surface area contributed by atoms with Crippen molar-refractivity contribution in [2.24, 2.45) is 5.73 Å². The van der Waals surface area contributed by atoms with E-state index in [1.165, 1.54) is 17.4 Å². The van der Waals surface area contributed by atoms with Crippen LogP contribution in [0.5, 0.6) is 0 Å². The van der Waals surface area contributed by atoms with Crippen LogP contribution in [0.3, 0.4) is 0 Å². The molecule has 1 rings (SSSR count). The Labute approximate surface area is 106 Å². The van der Waals surface area contributed by atoms with Crippen molar-refractivity contribution in [1.82, 2.24) is 0 Å². The molecule has 0 fully saturated rings. The predicted molar refractivity (Wildman–Crippen MR) is 63.0 cm³/mol. The maximum absolute atomic E-state index is 12.8. The third-order valence-corrected chi connectivity index (χ3v) is 3.12. The largest absolute Gasteiger partial charge is 0.469 e. The van der Waals surface area contributed by atoms with Crippen LogP contribution in [0, 0.1) is 0 Å². The number of thiophene rings is 1. The van der Waals surface area contributed by atoms with Gasteiger partial charge in [0.1, 0.15) is 5.54 Å². The highest BCUT2D eigenvalue weighted by molar-refractivity contribution is 7.10. The summed E-state index contributed by atoms with van der Waals surface area (Å²) in [6, 6.07) is 3.35. The standard InChI is InChI=1S/C11H12F3NO2S/c1-17-9(16)7-10(15,11(12,13)14)5-4-8-3-2-6-18-8/h2-6H,7,15H2,1H3/b5-4+. The maximum atomic E-state index is 12.8. The van der Waals surface area contributed by atoms with Gasteiger partial charge in [0.05, 0.1) is 13.5 Å². The number of methoxy groups -OCH3 is 1. The van der Waals surface area contributed by atoms with Gasteiger partial charge in [-0.2, -0.15) is 13.2 Å². The molecule has 0 spiro atoms. The summed E-state index contributed by atoms with van der Waals surface area (Å²) in [5.41, 5.74) is 2.54. The van der Waals surface area contributed by atoms with E-state index in [0.717, 1.165) is 13.2 Å². The zero-order chi connectivity index (χ0) is 13.8. The first-order chi connectivity index (χ1) is 8.28. The van der Waals surface area contributed by atoms with Crippen LogP contribution in [0.15, 0.2) is 23.6 Å². The molecule has 1 aromatic rings. The Balaban J connectivity index is 2.95. The predicted octanol–water partition coefficient (Wildman–Crippen LogP) is 2.58. The van der Waals surface area contributed by atoms with Gasteiger partial charge in [0.25, 0.3) is 0 Å². The Bertz CT molecular complexity index is 428. The van der Waals surface area contributed by atoms with Crippen molar-refractivity contribution < 1.29 is 22.7 Å². The van der Waals surface area contributed by atoms with Gasteiger partial charge in [-0.05, 0) is 17.5 Å². The zero-order valence-corrected chi connectivity index (χ0v) is 10.3. The number of hydrogen-bond donors (Lipinski definition) is 1. The van der Waals surface area contributed by atoms with Gasteiger partial charge < -0.3 is 10.5 Å². The molecule has 1 atom stereocenters. The fraction of sp³-hybridized carbons (Fsp3) is 0.364. The third kappa shape index (κ3) is 3.58. The summed E-state index contributed by atoms with van der Waals surface area (Å²) in [5, 5.41) is 1.73. The number of ether oxygens (including phenoxy) is 1. The Hall–Kier alpha value is -1.34. The number of alkyl halides is 3. The molecule has 0 aromatic carbocycles. The molecule has 0 radical (unpaired) electrons. The number of esters is 1. The summed E-state index contributed by atoms with van der Waals surface area (Å²) >= 11 is 1.27. The zero-order valence-electron chi connectivity index (χ0n) is 9.53. The molecule has 0 aliphatic carbocycles. The molecule has 0 aliphatic rings. The topological polar surface area (TPSA) is 52.3 Å². The SMILES string of the molecule is COC(=O)CC(N)(/C=C/c1cccs1)C(F)(F)F. The molecule has 0 amide bonds. The minimum absolute atomic E-state index is 0.624. The molecule has 0 bridgehead atoms. The van der Waals surface area contributed by atoms with Gasteiger partial charge in [-0.25, -0.2) is 0 Å². The lowest BCUT2D eigenvalue weighted by Gasteiger charge is -2.27. The summed E-state index contributed by atoms with van der Waals surface area (Å²) in [6.45, 7) is 0. The third-order valence-electron chi connectivity index (χ3n) is 2.28. The van der Waals surface area contributed by atoms with E-state index in [2.05, 4.69) is 4.74 Å². The maximum Gasteiger partial charge on any atom is 0.410 e. The Kier molecular flexibility index (Phi) is 4.53. The van der Waals surface area contributed by atoms with Crippen LogP contribution in [-0.2, 0) is 9.53 Å². The van der Waals surface area contributed by atoms with Crippen molar-refractivity contribution in [1.29, 1.82) is 0 Å². The quantitative estimate of drug-likeness (QED) is 0.862. The molecule has 0 saturated heterocycles. The van der Waals surface area contributed by atoms with Crippen LogP contribution < -0.4 is 5.73 Å². The van der Waals surface area contributed by atoms with Crippen LogP contribution >= 0.6 is 11.3 Å². The molecule has 0 aliphatic heterocycles. The monoisotopic (exact) mass is 279 g/mol. The van der Waals surface area contributed by atoms with E-state index in [-0.39, 0.29) is 0 Å². The van der Waals surface area contributed by atoms with Gasteiger partial charge in [0.2, 0.25) is 0 Å². The van der Waals surface area contributed by atoms with Crippen molar-refractivity contribution in [2.75, 3.05) is 7.11 Å². The van der Waals surface area contributed by atoms with Crippen molar-refractivity contribution in [3.05, 3.63) is 28.5 Å². The van der Waals surface area contributed by atoms with Gasteiger partial charge in [0, 0.05) is 4.88 Å². The number of halogens is 3. The molecule has 2 N–H and O–H groups in total.